The number of ether oxygens (including phenoxy) is 1. The van der Waals surface area contributed by atoms with Crippen molar-refractivity contribution < 1.29 is 17.9 Å². The molecule has 0 saturated heterocycles. The number of rotatable bonds is 6. The van der Waals surface area contributed by atoms with Crippen LogP contribution in [-0.2, 0) is 10.2 Å². The van der Waals surface area contributed by atoms with E-state index in [2.05, 4.69) is 26.1 Å². The lowest BCUT2D eigenvalue weighted by Crippen LogP contribution is -2.28. The summed E-state index contributed by atoms with van der Waals surface area (Å²) in [4.78, 5) is 0. The Labute approximate surface area is 124 Å². The van der Waals surface area contributed by atoms with E-state index in [0.717, 1.165) is 5.56 Å². The summed E-state index contributed by atoms with van der Waals surface area (Å²) >= 11 is 0. The second kappa shape index (κ2) is 7.27. The molecule has 21 heavy (non-hydrogen) atoms. The monoisotopic (exact) mass is 303 g/mol. The molecule has 1 unspecified atom stereocenters. The molecule has 0 aromatic heterocycles. The molecular formula is C16H24F3NO. The predicted octanol–water partition coefficient (Wildman–Crippen LogP) is 4.21. The molecule has 0 aliphatic heterocycles. The Morgan fingerprint density at radius 2 is 1.67 bits per heavy atom. The minimum atomic E-state index is -4.28. The van der Waals surface area contributed by atoms with E-state index >= 15 is 0 Å². The van der Waals surface area contributed by atoms with Gasteiger partial charge in [0.1, 0.15) is 6.61 Å². The van der Waals surface area contributed by atoms with Crippen LogP contribution >= 0.6 is 0 Å². The molecule has 1 aromatic rings. The van der Waals surface area contributed by atoms with Crippen molar-refractivity contribution in [1.82, 2.24) is 5.32 Å². The maximum Gasteiger partial charge on any atom is 0.411 e. The van der Waals surface area contributed by atoms with Gasteiger partial charge in [0.15, 0.2) is 0 Å². The summed E-state index contributed by atoms with van der Waals surface area (Å²) in [6.07, 6.45) is -4.28. The number of hydrogen-bond donors (Lipinski definition) is 1. The van der Waals surface area contributed by atoms with Crippen LogP contribution in [0.3, 0.4) is 0 Å². The lowest BCUT2D eigenvalue weighted by atomic mass is 9.86. The number of likely N-dealkylation sites (N-methyl/N-ethyl adjacent to an activating group) is 1. The summed E-state index contributed by atoms with van der Waals surface area (Å²) < 4.78 is 41.2. The van der Waals surface area contributed by atoms with Crippen molar-refractivity contribution in [2.75, 3.05) is 19.8 Å². The van der Waals surface area contributed by atoms with Crippen LogP contribution in [-0.4, -0.2) is 25.9 Å². The van der Waals surface area contributed by atoms with Crippen molar-refractivity contribution >= 4 is 0 Å². The zero-order chi connectivity index (χ0) is 16.1. The van der Waals surface area contributed by atoms with E-state index in [-0.39, 0.29) is 18.1 Å². The summed E-state index contributed by atoms with van der Waals surface area (Å²) in [5.74, 6) is 0. The fourth-order valence-corrected chi connectivity index (χ4v) is 2.03. The third-order valence-corrected chi connectivity index (χ3v) is 3.18. The van der Waals surface area contributed by atoms with Crippen molar-refractivity contribution in [3.63, 3.8) is 0 Å². The Bertz CT molecular complexity index is 421. The average Bonchev–Trinajstić information content (AvgIpc) is 2.35. The minimum absolute atomic E-state index is 0.00220. The van der Waals surface area contributed by atoms with Crippen molar-refractivity contribution in [3.05, 3.63) is 35.4 Å². The predicted molar refractivity (Wildman–Crippen MR) is 78.4 cm³/mol. The smallest absolute Gasteiger partial charge is 0.370 e. The Hall–Kier alpha value is -1.07. The first-order chi connectivity index (χ1) is 9.63. The number of hydrogen-bond acceptors (Lipinski definition) is 2. The molecule has 120 valence electrons. The van der Waals surface area contributed by atoms with E-state index in [1.54, 1.807) is 0 Å². The molecular weight excluding hydrogens is 279 g/mol. The second-order valence-corrected chi connectivity index (χ2v) is 6.11. The van der Waals surface area contributed by atoms with E-state index in [0.29, 0.717) is 6.54 Å². The second-order valence-electron chi connectivity index (χ2n) is 6.11. The van der Waals surface area contributed by atoms with E-state index < -0.39 is 12.8 Å². The normalized spacial score (nSPS) is 14.2. The average molecular weight is 303 g/mol. The molecule has 0 aliphatic carbocycles. The highest BCUT2D eigenvalue weighted by atomic mass is 19.4. The Balaban J connectivity index is 2.72. The van der Waals surface area contributed by atoms with Gasteiger partial charge >= 0.3 is 6.18 Å². The van der Waals surface area contributed by atoms with Gasteiger partial charge in [-0.25, -0.2) is 0 Å². The maximum absolute atomic E-state index is 12.1. The van der Waals surface area contributed by atoms with Gasteiger partial charge in [-0.05, 0) is 23.1 Å². The van der Waals surface area contributed by atoms with Gasteiger partial charge in [0, 0.05) is 0 Å². The highest BCUT2D eigenvalue weighted by Crippen LogP contribution is 2.24. The molecule has 1 rings (SSSR count). The standard InChI is InChI=1S/C16H24F3NO/c1-5-20-14(10-21-11-16(17,18)19)12-6-8-13(9-7-12)15(2,3)4/h6-9,14,20H,5,10-11H2,1-4H3. The first-order valence-electron chi connectivity index (χ1n) is 7.12. The highest BCUT2D eigenvalue weighted by molar-refractivity contribution is 5.29. The molecule has 0 heterocycles. The Kier molecular flexibility index (Phi) is 6.23. The Morgan fingerprint density at radius 1 is 1.10 bits per heavy atom. The number of alkyl halides is 3. The van der Waals surface area contributed by atoms with E-state index in [1.165, 1.54) is 5.56 Å². The third kappa shape index (κ3) is 6.48. The fourth-order valence-electron chi connectivity index (χ4n) is 2.03. The molecule has 0 bridgehead atoms. The largest absolute Gasteiger partial charge is 0.411 e. The summed E-state index contributed by atoms with van der Waals surface area (Å²) in [5, 5.41) is 3.15. The number of benzene rings is 1. The zero-order valence-electron chi connectivity index (χ0n) is 13.1. The quantitative estimate of drug-likeness (QED) is 0.850. The van der Waals surface area contributed by atoms with Crippen LogP contribution in [0, 0.1) is 0 Å². The molecule has 0 spiro atoms. The summed E-state index contributed by atoms with van der Waals surface area (Å²) in [6, 6.07) is 7.70. The van der Waals surface area contributed by atoms with Crippen LogP contribution in [0.1, 0.15) is 44.9 Å². The molecule has 1 aromatic carbocycles. The molecule has 5 heteroatoms. The van der Waals surface area contributed by atoms with Crippen LogP contribution in [0.15, 0.2) is 24.3 Å². The molecule has 1 atom stereocenters. The van der Waals surface area contributed by atoms with Gasteiger partial charge in [-0.15, -0.1) is 0 Å². The molecule has 1 N–H and O–H groups in total. The molecule has 0 saturated carbocycles. The summed E-state index contributed by atoms with van der Waals surface area (Å²) in [6.45, 7) is 7.74. The van der Waals surface area contributed by atoms with Crippen LogP contribution in [0.2, 0.25) is 0 Å². The minimum Gasteiger partial charge on any atom is -0.370 e. The lowest BCUT2D eigenvalue weighted by molar-refractivity contribution is -0.175. The van der Waals surface area contributed by atoms with Crippen LogP contribution in [0.25, 0.3) is 0 Å². The van der Waals surface area contributed by atoms with Gasteiger partial charge in [-0.1, -0.05) is 52.0 Å². The molecule has 0 amide bonds. The van der Waals surface area contributed by atoms with E-state index in [9.17, 15) is 13.2 Å². The van der Waals surface area contributed by atoms with Crippen molar-refractivity contribution in [1.29, 1.82) is 0 Å². The van der Waals surface area contributed by atoms with Crippen molar-refractivity contribution in [2.24, 2.45) is 0 Å². The first-order valence-corrected chi connectivity index (χ1v) is 7.12. The SMILES string of the molecule is CCNC(COCC(F)(F)F)c1ccc(C(C)(C)C)cc1. The van der Waals surface area contributed by atoms with Gasteiger partial charge < -0.3 is 10.1 Å². The zero-order valence-corrected chi connectivity index (χ0v) is 13.1. The molecule has 0 radical (unpaired) electrons. The van der Waals surface area contributed by atoms with Gasteiger partial charge in [0.25, 0.3) is 0 Å². The van der Waals surface area contributed by atoms with Crippen molar-refractivity contribution in [3.8, 4) is 0 Å². The first kappa shape index (κ1) is 18.0. The van der Waals surface area contributed by atoms with Gasteiger partial charge in [-0.3, -0.25) is 0 Å². The topological polar surface area (TPSA) is 21.3 Å². The molecule has 0 aliphatic rings. The highest BCUT2D eigenvalue weighted by Gasteiger charge is 2.28. The fraction of sp³-hybridized carbons (Fsp3) is 0.625. The molecule has 0 fully saturated rings. The third-order valence-electron chi connectivity index (χ3n) is 3.18. The van der Waals surface area contributed by atoms with Crippen LogP contribution in [0.4, 0.5) is 13.2 Å². The van der Waals surface area contributed by atoms with Crippen LogP contribution < -0.4 is 5.32 Å². The van der Waals surface area contributed by atoms with E-state index in [4.69, 9.17) is 4.74 Å². The number of halogens is 3. The van der Waals surface area contributed by atoms with E-state index in [1.807, 2.05) is 31.2 Å². The summed E-state index contributed by atoms with van der Waals surface area (Å²) in [5.41, 5.74) is 2.18. The van der Waals surface area contributed by atoms with Gasteiger partial charge in [0.2, 0.25) is 0 Å². The van der Waals surface area contributed by atoms with Gasteiger partial charge in [-0.2, -0.15) is 13.2 Å². The van der Waals surface area contributed by atoms with Gasteiger partial charge in [0.05, 0.1) is 12.6 Å². The van der Waals surface area contributed by atoms with Crippen LogP contribution in [0.5, 0.6) is 0 Å². The maximum atomic E-state index is 12.1. The summed E-state index contributed by atoms with van der Waals surface area (Å²) in [7, 11) is 0. The van der Waals surface area contributed by atoms with Crippen molar-refractivity contribution in [2.45, 2.75) is 45.3 Å². The molecule has 2 nitrogen and oxygen atoms in total. The lowest BCUT2D eigenvalue weighted by Gasteiger charge is -2.22. The number of nitrogens with one attached hydrogen (secondary N) is 1. The Morgan fingerprint density at radius 3 is 2.10 bits per heavy atom.